The number of aliphatic imine (C=N–C) groups is 1. The van der Waals surface area contributed by atoms with Gasteiger partial charge < -0.3 is 15.4 Å². The van der Waals surface area contributed by atoms with Crippen molar-refractivity contribution in [3.63, 3.8) is 0 Å². The third kappa shape index (κ3) is 6.24. The first kappa shape index (κ1) is 17.7. The number of halogens is 1. The lowest BCUT2D eigenvalue weighted by atomic mass is 10.3. The molecule has 0 amide bonds. The average molecular weight is 330 g/mol. The quantitative estimate of drug-likeness (QED) is 0.605. The monoisotopic (exact) mass is 330 g/mol. The Morgan fingerprint density at radius 2 is 2.12 bits per heavy atom. The summed E-state index contributed by atoms with van der Waals surface area (Å²) in [5.41, 5.74) is 0.902. The summed E-state index contributed by atoms with van der Waals surface area (Å²) in [6.45, 7) is 5.72. The highest BCUT2D eigenvalue weighted by molar-refractivity contribution is 5.79. The van der Waals surface area contributed by atoms with Crippen LogP contribution in [0.2, 0.25) is 0 Å². The Kier molecular flexibility index (Phi) is 7.01. The summed E-state index contributed by atoms with van der Waals surface area (Å²) >= 11 is 0. The molecule has 0 aliphatic rings. The maximum absolute atomic E-state index is 13.2. The van der Waals surface area contributed by atoms with Gasteiger partial charge in [-0.25, -0.2) is 9.38 Å². The third-order valence-electron chi connectivity index (χ3n) is 3.16. The number of nitrogens with zero attached hydrogens (tertiary/aromatic N) is 2. The van der Waals surface area contributed by atoms with E-state index in [9.17, 15) is 4.39 Å². The zero-order valence-corrected chi connectivity index (χ0v) is 14.0. The lowest BCUT2D eigenvalue weighted by Gasteiger charge is -2.17. The van der Waals surface area contributed by atoms with E-state index in [1.165, 1.54) is 12.1 Å². The van der Waals surface area contributed by atoms with Gasteiger partial charge in [0.15, 0.2) is 5.96 Å². The van der Waals surface area contributed by atoms with E-state index in [1.807, 2.05) is 32.0 Å². The fourth-order valence-corrected chi connectivity index (χ4v) is 2.05. The van der Waals surface area contributed by atoms with Crippen molar-refractivity contribution >= 4 is 5.96 Å². The molecule has 5 nitrogen and oxygen atoms in total. The predicted molar refractivity (Wildman–Crippen MR) is 93.5 cm³/mol. The van der Waals surface area contributed by atoms with Crippen LogP contribution in [0.3, 0.4) is 0 Å². The van der Waals surface area contributed by atoms with Gasteiger partial charge in [0, 0.05) is 18.8 Å². The number of rotatable bonds is 7. The second kappa shape index (κ2) is 9.50. The number of hydrogen-bond acceptors (Lipinski definition) is 3. The second-order valence-corrected chi connectivity index (χ2v) is 5.28. The third-order valence-corrected chi connectivity index (χ3v) is 3.16. The molecule has 0 bridgehead atoms. The van der Waals surface area contributed by atoms with Crippen molar-refractivity contribution in [3.05, 3.63) is 60.2 Å². The fourth-order valence-electron chi connectivity index (χ4n) is 2.05. The van der Waals surface area contributed by atoms with Gasteiger partial charge in [0.2, 0.25) is 0 Å². The van der Waals surface area contributed by atoms with Gasteiger partial charge >= 0.3 is 0 Å². The predicted octanol–water partition coefficient (Wildman–Crippen LogP) is 2.74. The lowest BCUT2D eigenvalue weighted by Crippen LogP contribution is -2.41. The van der Waals surface area contributed by atoms with Gasteiger partial charge in [-0.2, -0.15) is 0 Å². The summed E-state index contributed by atoms with van der Waals surface area (Å²) in [5.74, 6) is 0.899. The summed E-state index contributed by atoms with van der Waals surface area (Å²) in [5, 5.41) is 6.39. The maximum Gasteiger partial charge on any atom is 0.191 e. The Morgan fingerprint density at radius 3 is 2.83 bits per heavy atom. The van der Waals surface area contributed by atoms with Gasteiger partial charge in [-0.1, -0.05) is 12.1 Å². The van der Waals surface area contributed by atoms with Crippen molar-refractivity contribution < 1.29 is 9.13 Å². The summed E-state index contributed by atoms with van der Waals surface area (Å²) in [7, 11) is 0. The molecule has 6 heteroatoms. The lowest BCUT2D eigenvalue weighted by molar-refractivity contribution is 0.223. The van der Waals surface area contributed by atoms with Crippen LogP contribution in [0.25, 0.3) is 0 Å². The number of benzene rings is 1. The van der Waals surface area contributed by atoms with E-state index in [0.717, 1.165) is 12.2 Å². The maximum atomic E-state index is 13.2. The van der Waals surface area contributed by atoms with Gasteiger partial charge in [0.25, 0.3) is 0 Å². The van der Waals surface area contributed by atoms with Gasteiger partial charge in [0.05, 0.1) is 18.8 Å². The molecule has 0 aliphatic heterocycles. The Balaban J connectivity index is 1.86. The highest BCUT2D eigenvalue weighted by Crippen LogP contribution is 2.13. The van der Waals surface area contributed by atoms with Crippen LogP contribution in [0.15, 0.2) is 53.7 Å². The van der Waals surface area contributed by atoms with E-state index < -0.39 is 0 Å². The molecule has 1 aromatic heterocycles. The minimum Gasteiger partial charge on any atom is -0.489 e. The molecular weight excluding hydrogens is 307 g/mol. The van der Waals surface area contributed by atoms with E-state index in [2.05, 4.69) is 20.6 Å². The molecule has 0 radical (unpaired) electrons. The standard InChI is InChI=1S/C18H23FN4O/c1-3-20-18(23-13-16-8-4-5-10-21-16)22-12-14(2)24-17-9-6-7-15(19)11-17/h4-11,14H,3,12-13H2,1-2H3,(H2,20,22,23). The molecule has 2 N–H and O–H groups in total. The highest BCUT2D eigenvalue weighted by Gasteiger charge is 2.06. The van der Waals surface area contributed by atoms with Crippen molar-refractivity contribution in [2.24, 2.45) is 4.99 Å². The molecule has 1 atom stereocenters. The van der Waals surface area contributed by atoms with Crippen LogP contribution in [0.1, 0.15) is 19.5 Å². The molecule has 0 fully saturated rings. The molecule has 1 unspecified atom stereocenters. The van der Waals surface area contributed by atoms with Crippen LogP contribution in [0, 0.1) is 5.82 Å². The van der Waals surface area contributed by atoms with Crippen LogP contribution in [-0.2, 0) is 6.54 Å². The van der Waals surface area contributed by atoms with E-state index in [4.69, 9.17) is 4.74 Å². The topological polar surface area (TPSA) is 58.5 Å². The van der Waals surface area contributed by atoms with Crippen LogP contribution in [-0.4, -0.2) is 30.1 Å². The minimum atomic E-state index is -0.307. The first-order valence-electron chi connectivity index (χ1n) is 8.01. The second-order valence-electron chi connectivity index (χ2n) is 5.28. The molecule has 0 spiro atoms. The molecule has 2 rings (SSSR count). The van der Waals surface area contributed by atoms with E-state index in [-0.39, 0.29) is 11.9 Å². The molecule has 24 heavy (non-hydrogen) atoms. The van der Waals surface area contributed by atoms with Crippen LogP contribution < -0.4 is 15.4 Å². The van der Waals surface area contributed by atoms with Crippen LogP contribution in [0.4, 0.5) is 4.39 Å². The Hall–Kier alpha value is -2.63. The average Bonchev–Trinajstić information content (AvgIpc) is 2.58. The summed E-state index contributed by atoms with van der Waals surface area (Å²) in [6, 6.07) is 11.9. The van der Waals surface area contributed by atoms with Crippen molar-refractivity contribution in [2.45, 2.75) is 26.5 Å². The number of guanidine groups is 1. The molecule has 128 valence electrons. The van der Waals surface area contributed by atoms with Crippen molar-refractivity contribution in [3.8, 4) is 5.75 Å². The van der Waals surface area contributed by atoms with E-state index in [1.54, 1.807) is 18.3 Å². The molecule has 0 aliphatic carbocycles. The first-order valence-corrected chi connectivity index (χ1v) is 8.01. The summed E-state index contributed by atoms with van der Waals surface area (Å²) in [4.78, 5) is 8.74. The largest absolute Gasteiger partial charge is 0.489 e. The SMILES string of the molecule is CCNC(=NCc1ccccn1)NCC(C)Oc1cccc(F)c1. The zero-order chi connectivity index (χ0) is 17.2. The first-order chi connectivity index (χ1) is 11.7. The number of pyridine rings is 1. The van der Waals surface area contributed by atoms with Crippen LogP contribution in [0.5, 0.6) is 5.75 Å². The van der Waals surface area contributed by atoms with Crippen molar-refractivity contribution in [2.75, 3.05) is 13.1 Å². The van der Waals surface area contributed by atoms with Gasteiger partial charge in [-0.3, -0.25) is 4.98 Å². The Morgan fingerprint density at radius 1 is 1.25 bits per heavy atom. The normalized spacial score (nSPS) is 12.5. The molecule has 1 aromatic carbocycles. The van der Waals surface area contributed by atoms with Crippen molar-refractivity contribution in [1.82, 2.24) is 15.6 Å². The van der Waals surface area contributed by atoms with E-state index >= 15 is 0 Å². The number of aromatic nitrogens is 1. The molecule has 2 aromatic rings. The van der Waals surface area contributed by atoms with Crippen LogP contribution >= 0.6 is 0 Å². The summed E-state index contributed by atoms with van der Waals surface area (Å²) < 4.78 is 18.9. The molecule has 0 saturated heterocycles. The Bertz CT molecular complexity index is 648. The fraction of sp³-hybridized carbons (Fsp3) is 0.333. The molecule has 0 saturated carbocycles. The van der Waals surface area contributed by atoms with Gasteiger partial charge in [-0.15, -0.1) is 0 Å². The zero-order valence-electron chi connectivity index (χ0n) is 14.0. The summed E-state index contributed by atoms with van der Waals surface area (Å²) in [6.07, 6.45) is 1.62. The van der Waals surface area contributed by atoms with Crippen molar-refractivity contribution in [1.29, 1.82) is 0 Å². The molecule has 1 heterocycles. The Labute approximate surface area is 142 Å². The van der Waals surface area contributed by atoms with E-state index in [0.29, 0.717) is 24.8 Å². The smallest absolute Gasteiger partial charge is 0.191 e. The minimum absolute atomic E-state index is 0.134. The van der Waals surface area contributed by atoms with Gasteiger partial charge in [-0.05, 0) is 38.1 Å². The number of hydrogen-bond donors (Lipinski definition) is 2. The number of ether oxygens (including phenoxy) is 1. The van der Waals surface area contributed by atoms with Gasteiger partial charge in [0.1, 0.15) is 17.7 Å². The highest BCUT2D eigenvalue weighted by atomic mass is 19.1. The molecular formula is C18H23FN4O. The number of nitrogens with one attached hydrogen (secondary N) is 2.